The van der Waals surface area contributed by atoms with E-state index in [2.05, 4.69) is 219 Å². The highest BCUT2D eigenvalue weighted by Gasteiger charge is 2.43. The molecule has 0 fully saturated rings. The zero-order chi connectivity index (χ0) is 48.5. The molecule has 4 aliphatic carbocycles. The molecular formula is C65H76BN2. The Labute approximate surface area is 411 Å². The summed E-state index contributed by atoms with van der Waals surface area (Å²) in [6.45, 7) is 39.0. The summed E-state index contributed by atoms with van der Waals surface area (Å²) in [6, 6.07) is 36.8. The lowest BCUT2D eigenvalue weighted by atomic mass is 9.56. The van der Waals surface area contributed by atoms with Crippen LogP contribution < -0.4 is 21.1 Å². The minimum atomic E-state index is -0.111. The minimum Gasteiger partial charge on any atom is -0.355 e. The van der Waals surface area contributed by atoms with Crippen LogP contribution in [0.15, 0.2) is 91.0 Å². The van der Waals surface area contributed by atoms with Crippen molar-refractivity contribution < 1.29 is 0 Å². The van der Waals surface area contributed by atoms with E-state index in [1.807, 2.05) is 0 Å². The van der Waals surface area contributed by atoms with Crippen LogP contribution in [0.1, 0.15) is 191 Å². The normalized spacial score (nSPS) is 20.9. The number of anilines is 5. The Morgan fingerprint density at radius 1 is 0.412 bits per heavy atom. The van der Waals surface area contributed by atoms with Gasteiger partial charge >= 0.3 is 0 Å². The van der Waals surface area contributed by atoms with E-state index in [-0.39, 0.29) is 37.9 Å². The number of nitrogens with one attached hydrogen (secondary N) is 1. The van der Waals surface area contributed by atoms with E-state index < -0.39 is 0 Å². The highest BCUT2D eigenvalue weighted by atomic mass is 15.2. The fraction of sp³-hybridized carbons (Fsp3) is 0.446. The SMILES string of the molecule is Cc1cc(-c2cc3c(cc2Nc2ccc4c(c2)C(C)(C)CCC4(C)C)C(C)(C)CCC3(C)C)c2c(c1)N(c1cc3c(cc1C)C(C)(C)CCC3(C)C)c1cc3c(cc1[B]2)C(C)(C)c1ccccc1-3. The average molecular weight is 896 g/mol. The molecule has 11 rings (SSSR count). The third-order valence-electron chi connectivity index (χ3n) is 18.6. The zero-order valence-electron chi connectivity index (χ0n) is 44.4. The molecule has 0 atom stereocenters. The molecule has 0 spiro atoms. The van der Waals surface area contributed by atoms with E-state index in [4.69, 9.17) is 0 Å². The third kappa shape index (κ3) is 6.77. The topological polar surface area (TPSA) is 15.3 Å². The maximum atomic E-state index is 4.18. The summed E-state index contributed by atoms with van der Waals surface area (Å²) in [5.41, 5.74) is 28.9. The molecule has 1 radical (unpaired) electrons. The van der Waals surface area contributed by atoms with Gasteiger partial charge in [-0.3, -0.25) is 0 Å². The molecule has 0 amide bonds. The van der Waals surface area contributed by atoms with Crippen LogP contribution in [0, 0.1) is 13.8 Å². The maximum Gasteiger partial charge on any atom is 0.197 e. The Balaban J connectivity index is 1.18. The van der Waals surface area contributed by atoms with Gasteiger partial charge in [0.1, 0.15) is 0 Å². The summed E-state index contributed by atoms with van der Waals surface area (Å²) < 4.78 is 0. The van der Waals surface area contributed by atoms with Gasteiger partial charge in [0.15, 0.2) is 7.28 Å². The molecule has 0 unspecified atom stereocenters. The summed E-state index contributed by atoms with van der Waals surface area (Å²) in [5.74, 6) is 0. The van der Waals surface area contributed by atoms with Crippen molar-refractivity contribution in [2.24, 2.45) is 0 Å². The van der Waals surface area contributed by atoms with E-state index in [1.54, 1.807) is 0 Å². The van der Waals surface area contributed by atoms with Gasteiger partial charge in [0.05, 0.1) is 0 Å². The molecule has 0 saturated carbocycles. The van der Waals surface area contributed by atoms with Gasteiger partial charge < -0.3 is 10.2 Å². The molecule has 3 heteroatoms. The molecule has 1 N–H and O–H groups in total. The Morgan fingerprint density at radius 2 is 0.956 bits per heavy atom. The third-order valence-corrected chi connectivity index (χ3v) is 18.6. The van der Waals surface area contributed by atoms with Crippen molar-refractivity contribution in [3.05, 3.63) is 147 Å². The number of fused-ring (bicyclic) bond motifs is 8. The summed E-state index contributed by atoms with van der Waals surface area (Å²) in [4.78, 5) is 2.68. The number of hydrogen-bond donors (Lipinski definition) is 1. The molecule has 0 bridgehead atoms. The first-order chi connectivity index (χ1) is 31.7. The van der Waals surface area contributed by atoms with Crippen LogP contribution in [0.5, 0.6) is 0 Å². The highest BCUT2D eigenvalue weighted by molar-refractivity contribution is 6.73. The first kappa shape index (κ1) is 45.4. The number of aryl methyl sites for hydroxylation is 2. The molecule has 1 aliphatic heterocycles. The highest BCUT2D eigenvalue weighted by Crippen LogP contribution is 2.55. The van der Waals surface area contributed by atoms with Crippen LogP contribution in [-0.2, 0) is 37.9 Å². The number of nitrogens with zero attached hydrogens (tertiary/aromatic N) is 1. The number of benzene rings is 6. The smallest absolute Gasteiger partial charge is 0.197 e. The fourth-order valence-corrected chi connectivity index (χ4v) is 13.7. The molecule has 1 heterocycles. The first-order valence-corrected chi connectivity index (χ1v) is 26.1. The van der Waals surface area contributed by atoms with Gasteiger partial charge in [0, 0.05) is 39.4 Å². The van der Waals surface area contributed by atoms with Crippen molar-refractivity contribution >= 4 is 46.6 Å². The van der Waals surface area contributed by atoms with Gasteiger partial charge in [-0.1, -0.05) is 151 Å². The lowest BCUT2D eigenvalue weighted by Crippen LogP contribution is -2.42. The van der Waals surface area contributed by atoms with Crippen molar-refractivity contribution in [3.63, 3.8) is 0 Å². The second-order valence-electron chi connectivity index (χ2n) is 26.7. The van der Waals surface area contributed by atoms with E-state index in [9.17, 15) is 0 Å². The molecule has 0 aromatic heterocycles. The molecule has 2 nitrogen and oxygen atoms in total. The van der Waals surface area contributed by atoms with Crippen molar-refractivity contribution in [1.82, 2.24) is 0 Å². The van der Waals surface area contributed by atoms with Gasteiger partial charge in [-0.25, -0.2) is 0 Å². The fourth-order valence-electron chi connectivity index (χ4n) is 13.7. The second kappa shape index (κ2) is 14.5. The van der Waals surface area contributed by atoms with Crippen LogP contribution in [0.3, 0.4) is 0 Å². The molecule has 6 aromatic rings. The monoisotopic (exact) mass is 896 g/mol. The Kier molecular flexibility index (Phi) is 9.70. The van der Waals surface area contributed by atoms with Crippen LogP contribution in [0.4, 0.5) is 28.4 Å². The largest absolute Gasteiger partial charge is 0.355 e. The molecule has 0 saturated heterocycles. The van der Waals surface area contributed by atoms with Crippen LogP contribution in [0.25, 0.3) is 22.3 Å². The molecule has 6 aromatic carbocycles. The van der Waals surface area contributed by atoms with Crippen LogP contribution in [0.2, 0.25) is 0 Å². The van der Waals surface area contributed by atoms with Crippen molar-refractivity contribution in [2.75, 3.05) is 10.2 Å². The van der Waals surface area contributed by atoms with E-state index in [0.717, 1.165) is 0 Å². The predicted octanol–water partition coefficient (Wildman–Crippen LogP) is 16.5. The Hall–Kier alpha value is -5.02. The van der Waals surface area contributed by atoms with E-state index >= 15 is 0 Å². The van der Waals surface area contributed by atoms with Crippen molar-refractivity contribution in [3.8, 4) is 22.3 Å². The average Bonchev–Trinajstić information content (AvgIpc) is 3.49. The quantitative estimate of drug-likeness (QED) is 0.177. The minimum absolute atomic E-state index is 0.0494. The second-order valence-corrected chi connectivity index (χ2v) is 26.7. The van der Waals surface area contributed by atoms with Crippen molar-refractivity contribution in [1.29, 1.82) is 0 Å². The Bertz CT molecular complexity index is 3130. The molecular weight excluding hydrogens is 820 g/mol. The standard InChI is InChI=1S/C65H76BN2/c1-38-29-44(43-33-50-51(63(11,12)27-26-62(50,9)10)36-54(43)67-40-21-22-46-49(32-40)61(7,8)24-23-59(46,3)4)58-57(30-38)68(55-37-52-48(31-39(55)2)60(5,6)25-28-64(52,13)14)56-34-42-41-19-17-18-20-45(41)65(15,16)47(42)35-53(56)66-58/h17-22,29-37,67H,23-28H2,1-16H3. The van der Waals surface area contributed by atoms with Crippen molar-refractivity contribution in [2.45, 2.75) is 187 Å². The molecule has 5 aliphatic rings. The van der Waals surface area contributed by atoms with Crippen LogP contribution in [-0.4, -0.2) is 7.28 Å². The zero-order valence-corrected chi connectivity index (χ0v) is 44.4. The van der Waals surface area contributed by atoms with Gasteiger partial charge in [-0.15, -0.1) is 0 Å². The van der Waals surface area contributed by atoms with Gasteiger partial charge in [0.25, 0.3) is 0 Å². The Morgan fingerprint density at radius 3 is 1.59 bits per heavy atom. The summed E-state index contributed by atoms with van der Waals surface area (Å²) in [7, 11) is 2.55. The van der Waals surface area contributed by atoms with E-state index in [1.165, 1.54) is 156 Å². The number of hydrogen-bond acceptors (Lipinski definition) is 2. The predicted molar refractivity (Wildman–Crippen MR) is 294 cm³/mol. The summed E-state index contributed by atoms with van der Waals surface area (Å²) >= 11 is 0. The van der Waals surface area contributed by atoms with Gasteiger partial charge in [-0.2, -0.15) is 0 Å². The summed E-state index contributed by atoms with van der Waals surface area (Å²) in [5, 5.41) is 4.18. The molecule has 68 heavy (non-hydrogen) atoms. The van der Waals surface area contributed by atoms with Crippen LogP contribution >= 0.6 is 0 Å². The first-order valence-electron chi connectivity index (χ1n) is 26.1. The lowest BCUT2D eigenvalue weighted by Gasteiger charge is -2.44. The summed E-state index contributed by atoms with van der Waals surface area (Å²) in [6.07, 6.45) is 7.13. The van der Waals surface area contributed by atoms with E-state index in [0.29, 0.717) is 0 Å². The number of rotatable bonds is 4. The molecule has 349 valence electrons. The maximum absolute atomic E-state index is 4.18. The van der Waals surface area contributed by atoms with Gasteiger partial charge in [0.2, 0.25) is 0 Å². The van der Waals surface area contributed by atoms with Gasteiger partial charge in [-0.05, 0) is 205 Å². The lowest BCUT2D eigenvalue weighted by molar-refractivity contribution is 0.332.